The Balaban J connectivity index is 1.21. The number of carbonyl (C=O) groups is 1. The topological polar surface area (TPSA) is 100 Å². The number of rotatable bonds is 5. The van der Waals surface area contributed by atoms with E-state index in [0.717, 1.165) is 57.2 Å². The maximum absolute atomic E-state index is 14.6. The molecule has 1 aliphatic carbocycles. The Hall–Kier alpha value is -3.69. The number of methoxy groups -OCH3 is 1. The number of nitrogens with one attached hydrogen (secondary N) is 2. The van der Waals surface area contributed by atoms with Gasteiger partial charge in [-0.2, -0.15) is 9.97 Å². The van der Waals surface area contributed by atoms with Crippen LogP contribution < -0.4 is 10.1 Å². The van der Waals surface area contributed by atoms with Crippen LogP contribution >= 0.6 is 0 Å². The number of anilines is 1. The minimum Gasteiger partial charge on any atom is -0.480 e. The molecule has 4 aromatic rings. The van der Waals surface area contributed by atoms with Crippen LogP contribution in [0, 0.1) is 11.7 Å². The summed E-state index contributed by atoms with van der Waals surface area (Å²) in [5, 5.41) is 4.13. The van der Waals surface area contributed by atoms with Crippen LogP contribution in [0.4, 0.5) is 10.3 Å². The number of hydrogen-bond acceptors (Lipinski definition) is 6. The largest absolute Gasteiger partial charge is 0.480 e. The molecule has 0 bridgehead atoms. The summed E-state index contributed by atoms with van der Waals surface area (Å²) >= 11 is 0. The van der Waals surface area contributed by atoms with Gasteiger partial charge < -0.3 is 24.3 Å². The van der Waals surface area contributed by atoms with Gasteiger partial charge in [0.25, 0.3) is 0 Å². The Morgan fingerprint density at radius 3 is 2.77 bits per heavy atom. The number of carbonyl (C=O) groups excluding carboxylic acids is 1. The van der Waals surface area contributed by atoms with Gasteiger partial charge in [0.05, 0.1) is 12.5 Å². The molecule has 0 unspecified atom stereocenters. The maximum atomic E-state index is 14.6. The molecular formula is C25H28FN7O2. The lowest BCUT2D eigenvalue weighted by molar-refractivity contribution is -0.135. The number of likely N-dealkylation sites (tertiary alicyclic amines) is 1. The number of aromatic nitrogens is 5. The second-order valence-electron chi connectivity index (χ2n) is 9.44. The highest BCUT2D eigenvalue weighted by Crippen LogP contribution is 2.35. The number of nitrogens with zero attached hydrogens (tertiary/aromatic N) is 5. The summed E-state index contributed by atoms with van der Waals surface area (Å²) in [5.41, 5.74) is 2.31. The normalized spacial score (nSPS) is 20.6. The second-order valence-corrected chi connectivity index (χ2v) is 9.44. The third kappa shape index (κ3) is 3.96. The molecule has 9 nitrogen and oxygen atoms in total. The van der Waals surface area contributed by atoms with E-state index in [0.29, 0.717) is 34.3 Å². The molecule has 0 radical (unpaired) electrons. The average molecular weight is 478 g/mol. The molecule has 10 heteroatoms. The van der Waals surface area contributed by atoms with Gasteiger partial charge in [-0.15, -0.1) is 0 Å². The number of fused-ring (bicyclic) bond motifs is 2. The first-order chi connectivity index (χ1) is 17.1. The molecule has 6 rings (SSSR count). The molecule has 2 N–H and O–H groups in total. The summed E-state index contributed by atoms with van der Waals surface area (Å²) in [6.45, 7) is 1.82. The first kappa shape index (κ1) is 21.8. The molecule has 1 saturated carbocycles. The van der Waals surface area contributed by atoms with Crippen LogP contribution in [0.25, 0.3) is 27.8 Å². The summed E-state index contributed by atoms with van der Waals surface area (Å²) < 4.78 is 21.8. The minimum atomic E-state index is -0.404. The standard InChI is InChI=1S/C25H28FN7O2/c1-35-23-20-18(16-12-19(26)22-27-8-11-33(22)14-16)13-28-21(20)30-25(31-23)29-17-6-4-15(5-7-17)24(34)32-9-2-3-10-32/h8,11-15,17H,2-7,9-10H2,1H3,(H2,28,29,30,31)/t15-,17+. The Bertz CT molecular complexity index is 1380. The molecule has 35 heavy (non-hydrogen) atoms. The lowest BCUT2D eigenvalue weighted by Crippen LogP contribution is -2.37. The van der Waals surface area contributed by atoms with Crippen molar-refractivity contribution >= 4 is 28.5 Å². The lowest BCUT2D eigenvalue weighted by atomic mass is 9.85. The molecule has 182 valence electrons. The number of ether oxygens (including phenoxy) is 1. The minimum absolute atomic E-state index is 0.128. The van der Waals surface area contributed by atoms with Crippen molar-refractivity contribution in [2.75, 3.05) is 25.5 Å². The zero-order valence-corrected chi connectivity index (χ0v) is 19.6. The highest BCUT2D eigenvalue weighted by atomic mass is 19.1. The van der Waals surface area contributed by atoms with E-state index in [1.807, 2.05) is 11.1 Å². The SMILES string of the molecule is COc1nc(N[C@H]2CC[C@@H](C(=O)N3CCCC3)CC2)nc2[nH]cc(-c3cc(F)c4nccn4c3)c12. The first-order valence-electron chi connectivity index (χ1n) is 12.2. The Morgan fingerprint density at radius 2 is 2.00 bits per heavy atom. The van der Waals surface area contributed by atoms with E-state index < -0.39 is 5.82 Å². The number of imidazole rings is 1. The van der Waals surface area contributed by atoms with Crippen molar-refractivity contribution in [2.45, 2.75) is 44.6 Å². The fourth-order valence-electron chi connectivity index (χ4n) is 5.44. The van der Waals surface area contributed by atoms with E-state index in [9.17, 15) is 9.18 Å². The number of aromatic amines is 1. The average Bonchev–Trinajstić information content (AvgIpc) is 3.64. The van der Waals surface area contributed by atoms with Gasteiger partial charge in [0.15, 0.2) is 11.5 Å². The molecule has 2 fully saturated rings. The number of H-pyrrole nitrogens is 1. The molecule has 1 amide bonds. The predicted octanol–water partition coefficient (Wildman–Crippen LogP) is 4.01. The van der Waals surface area contributed by atoms with Crippen LogP contribution in [0.2, 0.25) is 0 Å². The smallest absolute Gasteiger partial charge is 0.228 e. The number of hydrogen-bond donors (Lipinski definition) is 2. The lowest BCUT2D eigenvalue weighted by Gasteiger charge is -2.30. The zero-order chi connectivity index (χ0) is 23.9. The van der Waals surface area contributed by atoms with Crippen molar-refractivity contribution in [3.05, 3.63) is 36.7 Å². The van der Waals surface area contributed by atoms with Gasteiger partial charge in [0, 0.05) is 61.0 Å². The first-order valence-corrected chi connectivity index (χ1v) is 12.2. The molecule has 0 atom stereocenters. The predicted molar refractivity (Wildman–Crippen MR) is 130 cm³/mol. The third-order valence-corrected chi connectivity index (χ3v) is 7.27. The van der Waals surface area contributed by atoms with Crippen LogP contribution in [-0.4, -0.2) is 61.4 Å². The van der Waals surface area contributed by atoms with Crippen LogP contribution in [0.15, 0.2) is 30.9 Å². The highest BCUT2D eigenvalue weighted by molar-refractivity contribution is 5.97. The van der Waals surface area contributed by atoms with Gasteiger partial charge in [0.2, 0.25) is 17.7 Å². The highest BCUT2D eigenvalue weighted by Gasteiger charge is 2.31. The fraction of sp³-hybridized carbons (Fsp3) is 0.440. The molecule has 4 aromatic heterocycles. The van der Waals surface area contributed by atoms with Crippen molar-refractivity contribution in [3.63, 3.8) is 0 Å². The van der Waals surface area contributed by atoms with Gasteiger partial charge >= 0.3 is 0 Å². The van der Waals surface area contributed by atoms with E-state index in [4.69, 9.17) is 4.74 Å². The van der Waals surface area contributed by atoms with Crippen LogP contribution in [-0.2, 0) is 4.79 Å². The molecular weight excluding hydrogens is 449 g/mol. The second kappa shape index (κ2) is 8.83. The van der Waals surface area contributed by atoms with Crippen molar-refractivity contribution in [3.8, 4) is 17.0 Å². The molecule has 0 aromatic carbocycles. The quantitative estimate of drug-likeness (QED) is 0.451. The number of pyridine rings is 1. The molecule has 1 aliphatic heterocycles. The molecule has 2 aliphatic rings. The van der Waals surface area contributed by atoms with Crippen molar-refractivity contribution in [1.82, 2.24) is 29.2 Å². The van der Waals surface area contributed by atoms with E-state index in [1.54, 1.807) is 30.1 Å². The maximum Gasteiger partial charge on any atom is 0.228 e. The zero-order valence-electron chi connectivity index (χ0n) is 19.6. The van der Waals surface area contributed by atoms with Crippen molar-refractivity contribution < 1.29 is 13.9 Å². The van der Waals surface area contributed by atoms with Crippen molar-refractivity contribution in [1.29, 1.82) is 0 Å². The number of amides is 1. The molecule has 5 heterocycles. The summed E-state index contributed by atoms with van der Waals surface area (Å²) in [6.07, 6.45) is 12.7. The van der Waals surface area contributed by atoms with Crippen LogP contribution in [0.3, 0.4) is 0 Å². The Labute approximate surface area is 201 Å². The van der Waals surface area contributed by atoms with E-state index in [2.05, 4.69) is 25.3 Å². The Morgan fingerprint density at radius 1 is 1.20 bits per heavy atom. The van der Waals surface area contributed by atoms with Crippen LogP contribution in [0.5, 0.6) is 5.88 Å². The van der Waals surface area contributed by atoms with Gasteiger partial charge in [0.1, 0.15) is 5.65 Å². The summed E-state index contributed by atoms with van der Waals surface area (Å²) in [5.74, 6) is 0.942. The number of halogens is 1. The van der Waals surface area contributed by atoms with Crippen LogP contribution in [0.1, 0.15) is 38.5 Å². The Kier molecular flexibility index (Phi) is 5.50. The fourth-order valence-corrected chi connectivity index (χ4v) is 5.44. The molecule has 0 spiro atoms. The van der Waals surface area contributed by atoms with E-state index in [-0.39, 0.29) is 17.6 Å². The monoisotopic (exact) mass is 477 g/mol. The van der Waals surface area contributed by atoms with Crippen molar-refractivity contribution in [2.24, 2.45) is 5.92 Å². The van der Waals surface area contributed by atoms with Gasteiger partial charge in [-0.3, -0.25) is 4.79 Å². The summed E-state index contributed by atoms with van der Waals surface area (Å²) in [4.78, 5) is 31.3. The third-order valence-electron chi connectivity index (χ3n) is 7.27. The van der Waals surface area contributed by atoms with E-state index in [1.165, 1.54) is 6.07 Å². The molecule has 1 saturated heterocycles. The van der Waals surface area contributed by atoms with Gasteiger partial charge in [-0.1, -0.05) is 0 Å². The van der Waals surface area contributed by atoms with Gasteiger partial charge in [-0.05, 0) is 44.6 Å². The summed E-state index contributed by atoms with van der Waals surface area (Å²) in [6, 6.07) is 1.66. The summed E-state index contributed by atoms with van der Waals surface area (Å²) in [7, 11) is 1.57. The van der Waals surface area contributed by atoms with Gasteiger partial charge in [-0.25, -0.2) is 9.37 Å². The van der Waals surface area contributed by atoms with E-state index >= 15 is 0 Å².